The van der Waals surface area contributed by atoms with Crippen molar-refractivity contribution in [1.82, 2.24) is 9.62 Å². The second-order valence-electron chi connectivity index (χ2n) is 8.78. The lowest BCUT2D eigenvalue weighted by Crippen LogP contribution is -2.60. The highest BCUT2D eigenvalue weighted by Gasteiger charge is 2.41. The number of sulfonamides is 1. The summed E-state index contributed by atoms with van der Waals surface area (Å²) in [7, 11) is -3.58. The summed E-state index contributed by atoms with van der Waals surface area (Å²) in [6, 6.07) is 0.369. The van der Waals surface area contributed by atoms with E-state index >= 15 is 4.39 Å². The second kappa shape index (κ2) is 9.18. The number of nitrogens with zero attached hydrogens (tertiary/aromatic N) is 1. The third kappa shape index (κ3) is 5.04. The van der Waals surface area contributed by atoms with E-state index in [0.717, 1.165) is 12.3 Å². The number of carbonyl (C=O) groups excluding carboxylic acids is 1. The molecule has 1 aromatic carbocycles. The molecule has 5 rings (SSSR count). The molecule has 1 saturated heterocycles. The lowest BCUT2D eigenvalue weighted by molar-refractivity contribution is -0.154. The van der Waals surface area contributed by atoms with Crippen LogP contribution in [-0.2, 0) is 19.6 Å². The summed E-state index contributed by atoms with van der Waals surface area (Å²) in [6.07, 6.45) is 1.63. The van der Waals surface area contributed by atoms with Crippen LogP contribution in [0.4, 0.5) is 13.2 Å². The molecular formula is C21H27F3N2O5S. The van der Waals surface area contributed by atoms with Gasteiger partial charge in [-0.2, -0.15) is 4.39 Å². The molecule has 3 atom stereocenters. The van der Waals surface area contributed by atoms with Gasteiger partial charge < -0.3 is 14.4 Å². The Hall–Kier alpha value is -1.85. The Labute approximate surface area is 185 Å². The molecule has 1 aliphatic carbocycles. The summed E-state index contributed by atoms with van der Waals surface area (Å²) in [5.74, 6) is -3.59. The molecule has 11 heteroatoms. The Kier molecular flexibility index (Phi) is 6.69. The van der Waals surface area contributed by atoms with Crippen molar-refractivity contribution in [2.75, 3.05) is 19.4 Å². The summed E-state index contributed by atoms with van der Waals surface area (Å²) >= 11 is 0. The van der Waals surface area contributed by atoms with Crippen LogP contribution in [0.1, 0.15) is 50.0 Å². The van der Waals surface area contributed by atoms with Gasteiger partial charge >= 0.3 is 6.36 Å². The minimum atomic E-state index is -3.58. The number of alkyl halides is 1. The number of halogens is 3. The molecule has 32 heavy (non-hydrogen) atoms. The number of carbonyl (C=O) groups is 1. The Morgan fingerprint density at radius 2 is 1.84 bits per heavy atom. The molecule has 1 N–H and O–H groups in total. The summed E-state index contributed by atoms with van der Waals surface area (Å²) in [4.78, 5) is 14.2. The number of hydrogen-bond acceptors (Lipinski definition) is 5. The van der Waals surface area contributed by atoms with Crippen LogP contribution in [0.2, 0.25) is 0 Å². The zero-order valence-electron chi connectivity index (χ0n) is 17.7. The van der Waals surface area contributed by atoms with Crippen LogP contribution in [0, 0.1) is 11.6 Å². The smallest absolute Gasteiger partial charge is 0.317 e. The quantitative estimate of drug-likeness (QED) is 0.710. The van der Waals surface area contributed by atoms with E-state index in [2.05, 4.69) is 4.72 Å². The number of piperidine rings is 1. The van der Waals surface area contributed by atoms with Crippen molar-refractivity contribution >= 4 is 15.9 Å². The van der Waals surface area contributed by atoms with Crippen molar-refractivity contribution in [3.63, 3.8) is 0 Å². The monoisotopic (exact) mass is 476 g/mol. The van der Waals surface area contributed by atoms with Crippen LogP contribution in [-0.4, -0.2) is 63.2 Å². The fourth-order valence-corrected chi connectivity index (χ4v) is 5.84. The highest BCUT2D eigenvalue weighted by molar-refractivity contribution is 7.88. The predicted molar refractivity (Wildman–Crippen MR) is 109 cm³/mol. The van der Waals surface area contributed by atoms with E-state index in [4.69, 9.17) is 9.47 Å². The van der Waals surface area contributed by atoms with Crippen LogP contribution in [0.5, 0.6) is 5.75 Å². The van der Waals surface area contributed by atoms with E-state index in [1.54, 1.807) is 0 Å². The van der Waals surface area contributed by atoms with Gasteiger partial charge in [-0.3, -0.25) is 4.79 Å². The van der Waals surface area contributed by atoms with E-state index in [0.29, 0.717) is 44.6 Å². The zero-order chi connectivity index (χ0) is 23.0. The molecule has 3 heterocycles. The van der Waals surface area contributed by atoms with Crippen molar-refractivity contribution in [2.24, 2.45) is 0 Å². The topological polar surface area (TPSA) is 84.9 Å². The summed E-state index contributed by atoms with van der Waals surface area (Å²) in [5.41, 5.74) is 0.211. The fraction of sp³-hybridized carbons (Fsp3) is 0.667. The molecule has 7 nitrogen and oxygen atoms in total. The molecule has 2 fully saturated rings. The minimum Gasteiger partial charge on any atom is -0.448 e. The minimum absolute atomic E-state index is 0.0386. The first-order valence-electron chi connectivity index (χ1n) is 10.8. The average Bonchev–Trinajstić information content (AvgIpc) is 2.73. The number of nitrogens with one attached hydrogen (secondary N) is 1. The van der Waals surface area contributed by atoms with E-state index < -0.39 is 51.8 Å². The molecule has 2 bridgehead atoms. The van der Waals surface area contributed by atoms with Crippen molar-refractivity contribution in [1.29, 1.82) is 0 Å². The number of ether oxygens (including phenoxy) is 2. The van der Waals surface area contributed by atoms with Gasteiger partial charge in [0.2, 0.25) is 10.0 Å². The van der Waals surface area contributed by atoms with Gasteiger partial charge in [-0.15, -0.1) is 0 Å². The molecule has 1 amide bonds. The van der Waals surface area contributed by atoms with Crippen LogP contribution < -0.4 is 9.46 Å². The highest BCUT2D eigenvalue weighted by atomic mass is 32.2. The normalized spacial score (nSPS) is 31.6. The maximum absolute atomic E-state index is 15.0. The third-order valence-corrected chi connectivity index (χ3v) is 7.23. The van der Waals surface area contributed by atoms with Crippen molar-refractivity contribution in [2.45, 2.75) is 69.0 Å². The molecule has 0 radical (unpaired) electrons. The highest BCUT2D eigenvalue weighted by Crippen LogP contribution is 2.41. The Balaban J connectivity index is 1.70. The molecule has 1 unspecified atom stereocenters. The van der Waals surface area contributed by atoms with Gasteiger partial charge in [0.05, 0.1) is 25.0 Å². The largest absolute Gasteiger partial charge is 0.448 e. The maximum Gasteiger partial charge on any atom is 0.317 e. The molecule has 178 valence electrons. The molecule has 1 saturated carbocycles. The molecular weight excluding hydrogens is 449 g/mol. The summed E-state index contributed by atoms with van der Waals surface area (Å²) in [6.45, 7) is 0.224. The first-order chi connectivity index (χ1) is 15.1. The number of rotatable bonds is 2. The van der Waals surface area contributed by atoms with Gasteiger partial charge in [0.1, 0.15) is 5.82 Å². The predicted octanol–water partition coefficient (Wildman–Crippen LogP) is 2.60. The van der Waals surface area contributed by atoms with Gasteiger partial charge in [0, 0.05) is 24.2 Å². The van der Waals surface area contributed by atoms with Crippen molar-refractivity contribution in [3.05, 3.63) is 29.3 Å². The first-order valence-corrected chi connectivity index (χ1v) is 12.7. The molecule has 1 aromatic rings. The van der Waals surface area contributed by atoms with Gasteiger partial charge in [0.25, 0.3) is 5.91 Å². The number of fused-ring (bicyclic) bond motifs is 5. The van der Waals surface area contributed by atoms with E-state index in [1.807, 2.05) is 0 Å². The molecule has 3 aliphatic heterocycles. The van der Waals surface area contributed by atoms with Crippen LogP contribution in [0.25, 0.3) is 0 Å². The van der Waals surface area contributed by atoms with Gasteiger partial charge in [-0.05, 0) is 50.5 Å². The molecule has 0 spiro atoms. The van der Waals surface area contributed by atoms with E-state index in [9.17, 15) is 22.0 Å². The fourth-order valence-electron chi connectivity index (χ4n) is 5.02. The Bertz CT molecular complexity index is 968. The first kappa shape index (κ1) is 23.3. The van der Waals surface area contributed by atoms with Gasteiger partial charge in [0.15, 0.2) is 11.6 Å². The third-order valence-electron chi connectivity index (χ3n) is 6.50. The van der Waals surface area contributed by atoms with E-state index in [1.165, 1.54) is 4.90 Å². The number of benzene rings is 1. The summed E-state index contributed by atoms with van der Waals surface area (Å²) in [5, 5.41) is 0. The second-order valence-corrected chi connectivity index (χ2v) is 10.6. The number of amides is 1. The van der Waals surface area contributed by atoms with Gasteiger partial charge in [-0.1, -0.05) is 0 Å². The lowest BCUT2D eigenvalue weighted by Gasteiger charge is -2.42. The standard InChI is InChI=1S/C21H27F3N2O5S/c1-32(28,29)25-17-3-2-8-26-18(17)11-30-14-6-4-12(5-7-14)15-9-13(22)10-16(23)19(15)31-20(24)21(26)27/h9-10,12,14,17-18,20,25H,2-8,11H2,1H3/t12?,14?,17-,18-,20?/m0/s1. The van der Waals surface area contributed by atoms with Gasteiger partial charge in [-0.25, -0.2) is 21.9 Å². The molecule has 0 aromatic heterocycles. The average molecular weight is 477 g/mol. The van der Waals surface area contributed by atoms with Crippen molar-refractivity contribution in [3.8, 4) is 5.75 Å². The summed E-state index contributed by atoms with van der Waals surface area (Å²) < 4.78 is 81.0. The van der Waals surface area contributed by atoms with Crippen molar-refractivity contribution < 1.29 is 35.9 Å². The van der Waals surface area contributed by atoms with E-state index in [-0.39, 0.29) is 30.7 Å². The van der Waals surface area contributed by atoms with Crippen LogP contribution in [0.3, 0.4) is 0 Å². The Morgan fingerprint density at radius 3 is 2.53 bits per heavy atom. The van der Waals surface area contributed by atoms with Crippen LogP contribution in [0.15, 0.2) is 12.1 Å². The maximum atomic E-state index is 15.0. The SMILES string of the molecule is CS(=O)(=O)N[C@H]1CCCN2C(=O)C(F)Oc3c(F)cc(F)cc3C3CCC(CC3)OC[C@@H]12. The zero-order valence-corrected chi connectivity index (χ0v) is 18.5. The number of hydrogen-bond donors (Lipinski definition) is 1. The Morgan fingerprint density at radius 1 is 1.12 bits per heavy atom. The molecule has 4 aliphatic rings. The lowest BCUT2D eigenvalue weighted by atomic mass is 9.82. The van der Waals surface area contributed by atoms with Crippen LogP contribution >= 0.6 is 0 Å².